The van der Waals surface area contributed by atoms with E-state index in [0.717, 1.165) is 0 Å². The molecule has 0 aromatic heterocycles. The molecule has 15 nitrogen and oxygen atoms in total. The first kappa shape index (κ1) is 29.2. The maximum atomic E-state index is 12.6. The van der Waals surface area contributed by atoms with Crippen LogP contribution in [0.3, 0.4) is 0 Å². The van der Waals surface area contributed by atoms with Gasteiger partial charge in [-0.2, -0.15) is 0 Å². The molecule has 0 radical (unpaired) electrons. The number of nitrogens with two attached hydrogens (primary N) is 2. The second-order valence-corrected chi connectivity index (χ2v) is 7.62. The molecule has 4 amide bonds. The summed E-state index contributed by atoms with van der Waals surface area (Å²) in [4.78, 5) is 81.6. The minimum absolute atomic E-state index is 0.0392. The molecular weight excluding hydrogens is 446 g/mol. The monoisotopic (exact) mass is 475 g/mol. The van der Waals surface area contributed by atoms with Crippen molar-refractivity contribution in [3.05, 3.63) is 0 Å². The van der Waals surface area contributed by atoms with E-state index in [4.69, 9.17) is 21.7 Å². The molecule has 0 spiro atoms. The molecule has 0 bridgehead atoms. The first-order valence-corrected chi connectivity index (χ1v) is 9.75. The summed E-state index contributed by atoms with van der Waals surface area (Å²) >= 11 is 0. The summed E-state index contributed by atoms with van der Waals surface area (Å²) in [6.45, 7) is 3.41. The zero-order valence-electron chi connectivity index (χ0n) is 18.1. The van der Waals surface area contributed by atoms with Gasteiger partial charge in [-0.15, -0.1) is 0 Å². The number of aliphatic carboxylic acids is 3. The molecule has 0 aliphatic rings. The summed E-state index contributed by atoms with van der Waals surface area (Å²) in [5.41, 5.74) is 10.5. The molecule has 4 unspecified atom stereocenters. The SMILES string of the molecule is CC(C)CC(NC(=O)C(CC(N)=O)NC(=O)C(CC(=O)O)NC(=O)C(N)CC(=O)O)C(=O)O. The van der Waals surface area contributed by atoms with Gasteiger partial charge in [0.15, 0.2) is 0 Å². The Morgan fingerprint density at radius 2 is 1.12 bits per heavy atom. The summed E-state index contributed by atoms with van der Waals surface area (Å²) in [5.74, 6) is -8.88. The van der Waals surface area contributed by atoms with Crippen LogP contribution in [-0.4, -0.2) is 81.0 Å². The molecule has 10 N–H and O–H groups in total. The summed E-state index contributed by atoms with van der Waals surface area (Å²) in [5, 5.41) is 33.2. The topological polar surface area (TPSA) is 268 Å². The summed E-state index contributed by atoms with van der Waals surface area (Å²) in [6.07, 6.45) is -2.48. The third-order valence-corrected chi connectivity index (χ3v) is 4.10. The number of amides is 4. The summed E-state index contributed by atoms with van der Waals surface area (Å²) in [7, 11) is 0. The Hall–Kier alpha value is -3.75. The Morgan fingerprint density at radius 1 is 0.697 bits per heavy atom. The standard InChI is InChI=1S/C18H29N5O10/c1-7(2)3-11(18(32)33)23-16(30)9(5-12(20)24)22-17(31)10(6-14(27)28)21-15(29)8(19)4-13(25)26/h7-11H,3-6,19H2,1-2H3,(H2,20,24)(H,21,29)(H,22,31)(H,23,30)(H,25,26)(H,27,28)(H,32,33). The van der Waals surface area contributed by atoms with E-state index in [1.54, 1.807) is 13.8 Å². The molecular formula is C18H29N5O10. The van der Waals surface area contributed by atoms with Gasteiger partial charge in [-0.1, -0.05) is 13.8 Å². The van der Waals surface area contributed by atoms with Gasteiger partial charge >= 0.3 is 17.9 Å². The Morgan fingerprint density at radius 3 is 1.52 bits per heavy atom. The van der Waals surface area contributed by atoms with E-state index in [1.807, 2.05) is 5.32 Å². The number of carboxylic acid groups (broad SMARTS) is 3. The van der Waals surface area contributed by atoms with Crippen LogP contribution >= 0.6 is 0 Å². The van der Waals surface area contributed by atoms with Crippen molar-refractivity contribution in [3.8, 4) is 0 Å². The van der Waals surface area contributed by atoms with Gasteiger partial charge in [0.05, 0.1) is 25.3 Å². The number of carboxylic acids is 3. The van der Waals surface area contributed by atoms with Crippen molar-refractivity contribution < 1.29 is 48.9 Å². The molecule has 33 heavy (non-hydrogen) atoms. The molecule has 0 fully saturated rings. The molecule has 0 rings (SSSR count). The molecule has 0 aliphatic heterocycles. The van der Waals surface area contributed by atoms with E-state index in [0.29, 0.717) is 0 Å². The van der Waals surface area contributed by atoms with Crippen molar-refractivity contribution >= 4 is 41.5 Å². The third kappa shape index (κ3) is 12.0. The highest BCUT2D eigenvalue weighted by molar-refractivity contribution is 5.97. The number of rotatable bonds is 15. The lowest BCUT2D eigenvalue weighted by Crippen LogP contribution is -2.58. The van der Waals surface area contributed by atoms with Crippen LogP contribution in [0.1, 0.15) is 39.5 Å². The maximum Gasteiger partial charge on any atom is 0.326 e. The van der Waals surface area contributed by atoms with Crippen LogP contribution in [0.25, 0.3) is 0 Å². The van der Waals surface area contributed by atoms with Crippen molar-refractivity contribution in [2.45, 2.75) is 63.7 Å². The predicted molar refractivity (Wildman–Crippen MR) is 109 cm³/mol. The Labute approximate surface area is 188 Å². The van der Waals surface area contributed by atoms with Crippen LogP contribution in [0.4, 0.5) is 0 Å². The predicted octanol–water partition coefficient (Wildman–Crippen LogP) is -3.28. The van der Waals surface area contributed by atoms with E-state index in [-0.39, 0.29) is 12.3 Å². The lowest BCUT2D eigenvalue weighted by Gasteiger charge is -2.24. The number of hydrogen-bond acceptors (Lipinski definition) is 8. The maximum absolute atomic E-state index is 12.6. The van der Waals surface area contributed by atoms with E-state index in [2.05, 4.69) is 10.6 Å². The second kappa shape index (κ2) is 13.6. The molecule has 0 aliphatic carbocycles. The number of hydrogen-bond donors (Lipinski definition) is 8. The van der Waals surface area contributed by atoms with Crippen molar-refractivity contribution in [2.24, 2.45) is 17.4 Å². The van der Waals surface area contributed by atoms with Crippen molar-refractivity contribution in [1.29, 1.82) is 0 Å². The third-order valence-electron chi connectivity index (χ3n) is 4.10. The fourth-order valence-corrected chi connectivity index (χ4v) is 2.59. The van der Waals surface area contributed by atoms with Crippen LogP contribution < -0.4 is 27.4 Å². The van der Waals surface area contributed by atoms with Gasteiger partial charge in [0.1, 0.15) is 18.1 Å². The lowest BCUT2D eigenvalue weighted by atomic mass is 10.0. The Balaban J connectivity index is 5.56. The quantitative estimate of drug-likeness (QED) is 0.116. The van der Waals surface area contributed by atoms with Crippen LogP contribution in [-0.2, 0) is 33.6 Å². The highest BCUT2D eigenvalue weighted by Gasteiger charge is 2.32. The van der Waals surface area contributed by atoms with Gasteiger partial charge in [0.2, 0.25) is 23.6 Å². The molecule has 0 aromatic carbocycles. The van der Waals surface area contributed by atoms with Crippen LogP contribution in [0, 0.1) is 5.92 Å². The summed E-state index contributed by atoms with van der Waals surface area (Å²) < 4.78 is 0. The molecule has 15 heteroatoms. The number of carbonyl (C=O) groups is 7. The van der Waals surface area contributed by atoms with Gasteiger partial charge in [-0.3, -0.25) is 28.8 Å². The van der Waals surface area contributed by atoms with Gasteiger partial charge in [-0.25, -0.2) is 4.79 Å². The Bertz CT molecular complexity index is 785. The average molecular weight is 475 g/mol. The Kier molecular flexibility index (Phi) is 12.1. The number of carbonyl (C=O) groups excluding carboxylic acids is 4. The lowest BCUT2D eigenvalue weighted by molar-refractivity contribution is -0.144. The molecule has 0 aromatic rings. The molecule has 0 saturated heterocycles. The van der Waals surface area contributed by atoms with Gasteiger partial charge < -0.3 is 42.7 Å². The molecule has 0 saturated carbocycles. The normalized spacial score (nSPS) is 14.3. The number of primary amides is 1. The second-order valence-electron chi connectivity index (χ2n) is 7.62. The summed E-state index contributed by atoms with van der Waals surface area (Å²) in [6, 6.07) is -6.40. The van der Waals surface area contributed by atoms with Crippen LogP contribution in [0.5, 0.6) is 0 Å². The minimum Gasteiger partial charge on any atom is -0.481 e. The number of nitrogens with one attached hydrogen (secondary N) is 3. The highest BCUT2D eigenvalue weighted by Crippen LogP contribution is 2.06. The van der Waals surface area contributed by atoms with Crippen LogP contribution in [0.15, 0.2) is 0 Å². The van der Waals surface area contributed by atoms with Gasteiger partial charge in [0, 0.05) is 0 Å². The van der Waals surface area contributed by atoms with E-state index in [1.165, 1.54) is 0 Å². The zero-order valence-corrected chi connectivity index (χ0v) is 18.1. The zero-order chi connectivity index (χ0) is 25.9. The van der Waals surface area contributed by atoms with Crippen LogP contribution in [0.2, 0.25) is 0 Å². The molecule has 186 valence electrons. The molecule has 0 heterocycles. The fourth-order valence-electron chi connectivity index (χ4n) is 2.59. The van der Waals surface area contributed by atoms with Crippen molar-refractivity contribution in [1.82, 2.24) is 16.0 Å². The van der Waals surface area contributed by atoms with E-state index >= 15 is 0 Å². The van der Waals surface area contributed by atoms with E-state index in [9.17, 15) is 38.7 Å². The van der Waals surface area contributed by atoms with Gasteiger partial charge in [-0.05, 0) is 12.3 Å². The first-order valence-electron chi connectivity index (χ1n) is 9.75. The smallest absolute Gasteiger partial charge is 0.326 e. The van der Waals surface area contributed by atoms with Crippen molar-refractivity contribution in [3.63, 3.8) is 0 Å². The first-order chi connectivity index (χ1) is 15.1. The minimum atomic E-state index is -1.79. The fraction of sp³-hybridized carbons (Fsp3) is 0.611. The van der Waals surface area contributed by atoms with Crippen molar-refractivity contribution in [2.75, 3.05) is 0 Å². The highest BCUT2D eigenvalue weighted by atomic mass is 16.4. The average Bonchev–Trinajstić information content (AvgIpc) is 2.64. The van der Waals surface area contributed by atoms with Gasteiger partial charge in [0.25, 0.3) is 0 Å². The molecule has 4 atom stereocenters. The van der Waals surface area contributed by atoms with E-state index < -0.39 is 85.0 Å². The largest absolute Gasteiger partial charge is 0.481 e.